The van der Waals surface area contributed by atoms with Crippen molar-refractivity contribution in [1.82, 2.24) is 9.97 Å². The van der Waals surface area contributed by atoms with Crippen LogP contribution in [0, 0.1) is 11.8 Å². The molecule has 1 aromatic rings. The monoisotopic (exact) mass is 312 g/mol. The van der Waals surface area contributed by atoms with Gasteiger partial charge >= 0.3 is 0 Å². The van der Waals surface area contributed by atoms with Gasteiger partial charge in [0.15, 0.2) is 0 Å². The molecule has 1 aliphatic carbocycles. The Bertz CT molecular complexity index is 368. The molecule has 0 atom stereocenters. The Morgan fingerprint density at radius 3 is 2.56 bits per heavy atom. The van der Waals surface area contributed by atoms with Gasteiger partial charge in [-0.1, -0.05) is 26.2 Å². The summed E-state index contributed by atoms with van der Waals surface area (Å²) in [4.78, 5) is 8.44. The zero-order valence-electron chi connectivity index (χ0n) is 10.8. The predicted molar refractivity (Wildman–Crippen MR) is 78.4 cm³/mol. The summed E-state index contributed by atoms with van der Waals surface area (Å²) in [5.41, 5.74) is 5.68. The van der Waals surface area contributed by atoms with E-state index < -0.39 is 0 Å². The Kier molecular flexibility index (Phi) is 4.80. The number of nitrogens with two attached hydrogens (primary N) is 1. The fourth-order valence-corrected chi connectivity index (χ4v) is 3.00. The molecule has 1 fully saturated rings. The van der Waals surface area contributed by atoms with E-state index in [4.69, 9.17) is 5.73 Å². The van der Waals surface area contributed by atoms with Gasteiger partial charge in [0.25, 0.3) is 0 Å². The molecule has 0 unspecified atom stereocenters. The topological polar surface area (TPSA) is 63.8 Å². The molecular weight excluding hydrogens is 292 g/mol. The molecule has 5 heteroatoms. The average Bonchev–Trinajstić information content (AvgIpc) is 2.36. The van der Waals surface area contributed by atoms with Crippen LogP contribution in [0.2, 0.25) is 0 Å². The predicted octanol–water partition coefficient (Wildman–Crippen LogP) is 3.45. The van der Waals surface area contributed by atoms with Gasteiger partial charge in [0.1, 0.15) is 10.4 Å². The molecule has 0 amide bonds. The van der Waals surface area contributed by atoms with Crippen molar-refractivity contribution < 1.29 is 0 Å². The van der Waals surface area contributed by atoms with E-state index in [1.165, 1.54) is 32.1 Å². The van der Waals surface area contributed by atoms with E-state index in [-0.39, 0.29) is 0 Å². The molecule has 0 radical (unpaired) electrons. The van der Waals surface area contributed by atoms with Crippen LogP contribution in [0.1, 0.15) is 39.0 Å². The summed E-state index contributed by atoms with van der Waals surface area (Å²) in [6.07, 6.45) is 6.68. The maximum absolute atomic E-state index is 5.68. The van der Waals surface area contributed by atoms with Gasteiger partial charge in [-0.05, 0) is 40.6 Å². The number of anilines is 2. The first kappa shape index (κ1) is 13.6. The maximum atomic E-state index is 5.68. The zero-order chi connectivity index (χ0) is 13.0. The lowest BCUT2D eigenvalue weighted by Crippen LogP contribution is -2.21. The van der Waals surface area contributed by atoms with Gasteiger partial charge in [0, 0.05) is 12.6 Å². The molecular formula is C13H21BrN4. The van der Waals surface area contributed by atoms with Crippen molar-refractivity contribution in [2.75, 3.05) is 17.6 Å². The highest BCUT2D eigenvalue weighted by molar-refractivity contribution is 9.10. The highest BCUT2D eigenvalue weighted by Crippen LogP contribution is 2.30. The van der Waals surface area contributed by atoms with E-state index >= 15 is 0 Å². The second kappa shape index (κ2) is 6.36. The van der Waals surface area contributed by atoms with Gasteiger partial charge in [0.05, 0.1) is 0 Å². The maximum Gasteiger partial charge on any atom is 0.225 e. The van der Waals surface area contributed by atoms with Crippen LogP contribution in [0.15, 0.2) is 10.7 Å². The lowest BCUT2D eigenvalue weighted by molar-refractivity contribution is 0.278. The second-order valence-electron chi connectivity index (χ2n) is 5.12. The van der Waals surface area contributed by atoms with Gasteiger partial charge in [-0.3, -0.25) is 0 Å². The molecule has 1 aromatic heterocycles. The Hall–Kier alpha value is -0.840. The summed E-state index contributed by atoms with van der Waals surface area (Å²) in [5, 5.41) is 3.30. The summed E-state index contributed by atoms with van der Waals surface area (Å²) in [5.74, 6) is 2.81. The average molecular weight is 313 g/mol. The van der Waals surface area contributed by atoms with Crippen LogP contribution < -0.4 is 11.1 Å². The van der Waals surface area contributed by atoms with E-state index in [0.717, 1.165) is 23.0 Å². The van der Waals surface area contributed by atoms with Gasteiger partial charge in [-0.15, -0.1) is 0 Å². The molecule has 0 spiro atoms. The van der Waals surface area contributed by atoms with Crippen molar-refractivity contribution in [3.8, 4) is 0 Å². The van der Waals surface area contributed by atoms with Crippen LogP contribution >= 0.6 is 15.9 Å². The van der Waals surface area contributed by atoms with Crippen molar-refractivity contribution in [1.29, 1.82) is 0 Å². The Morgan fingerprint density at radius 2 is 1.94 bits per heavy atom. The number of halogens is 1. The minimum absolute atomic E-state index is 0.495. The summed E-state index contributed by atoms with van der Waals surface area (Å²) in [6, 6.07) is 1.71. The molecule has 18 heavy (non-hydrogen) atoms. The quantitative estimate of drug-likeness (QED) is 0.836. The Balaban J connectivity index is 1.81. The summed E-state index contributed by atoms with van der Waals surface area (Å²) in [6.45, 7) is 3.24. The Labute approximate surface area is 117 Å². The van der Waals surface area contributed by atoms with Crippen LogP contribution in [-0.4, -0.2) is 16.5 Å². The van der Waals surface area contributed by atoms with Crippen molar-refractivity contribution in [3.63, 3.8) is 0 Å². The normalized spacial score (nSPS) is 23.9. The van der Waals surface area contributed by atoms with Crippen LogP contribution in [0.3, 0.4) is 0 Å². The fourth-order valence-electron chi connectivity index (χ4n) is 2.59. The smallest absolute Gasteiger partial charge is 0.225 e. The number of nitrogens with zero attached hydrogens (tertiary/aromatic N) is 2. The third kappa shape index (κ3) is 3.83. The number of aromatic nitrogens is 2. The minimum Gasteiger partial charge on any atom is -0.383 e. The second-order valence-corrected chi connectivity index (χ2v) is 5.93. The van der Waals surface area contributed by atoms with Crippen molar-refractivity contribution >= 4 is 27.7 Å². The molecule has 1 heterocycles. The van der Waals surface area contributed by atoms with Gasteiger partial charge in [-0.25, -0.2) is 4.98 Å². The first-order valence-electron chi connectivity index (χ1n) is 6.71. The lowest BCUT2D eigenvalue weighted by atomic mass is 9.81. The summed E-state index contributed by atoms with van der Waals surface area (Å²) in [7, 11) is 0. The van der Waals surface area contributed by atoms with Gasteiger partial charge < -0.3 is 11.1 Å². The van der Waals surface area contributed by atoms with Crippen LogP contribution in [-0.2, 0) is 0 Å². The molecule has 1 saturated carbocycles. The SMILES string of the molecule is CCC1CCC(CNc2nc(N)cc(Br)n2)CC1. The van der Waals surface area contributed by atoms with E-state index in [1.807, 2.05) is 0 Å². The molecule has 0 bridgehead atoms. The molecule has 2 rings (SSSR count). The fraction of sp³-hybridized carbons (Fsp3) is 0.692. The van der Waals surface area contributed by atoms with Crippen LogP contribution in [0.25, 0.3) is 0 Å². The molecule has 100 valence electrons. The molecule has 4 nitrogen and oxygen atoms in total. The molecule has 0 saturated heterocycles. The van der Waals surface area contributed by atoms with E-state index in [1.54, 1.807) is 6.07 Å². The van der Waals surface area contributed by atoms with E-state index in [9.17, 15) is 0 Å². The third-order valence-electron chi connectivity index (χ3n) is 3.81. The third-order valence-corrected chi connectivity index (χ3v) is 4.21. The summed E-state index contributed by atoms with van der Waals surface area (Å²) < 4.78 is 0.729. The highest BCUT2D eigenvalue weighted by atomic mass is 79.9. The largest absolute Gasteiger partial charge is 0.383 e. The lowest BCUT2D eigenvalue weighted by Gasteiger charge is -2.27. The van der Waals surface area contributed by atoms with Crippen LogP contribution in [0.4, 0.5) is 11.8 Å². The van der Waals surface area contributed by atoms with Gasteiger partial charge in [-0.2, -0.15) is 4.98 Å². The number of nitrogens with one attached hydrogen (secondary N) is 1. The zero-order valence-corrected chi connectivity index (χ0v) is 12.4. The molecule has 0 aliphatic heterocycles. The first-order valence-corrected chi connectivity index (χ1v) is 7.50. The Morgan fingerprint density at radius 1 is 1.28 bits per heavy atom. The number of nitrogen functional groups attached to an aromatic ring is 1. The van der Waals surface area contributed by atoms with E-state index in [2.05, 4.69) is 38.1 Å². The van der Waals surface area contributed by atoms with Crippen molar-refractivity contribution in [2.45, 2.75) is 39.0 Å². The van der Waals surface area contributed by atoms with E-state index in [0.29, 0.717) is 11.8 Å². The minimum atomic E-state index is 0.495. The first-order chi connectivity index (χ1) is 8.67. The highest BCUT2D eigenvalue weighted by Gasteiger charge is 2.19. The van der Waals surface area contributed by atoms with Gasteiger partial charge in [0.2, 0.25) is 5.95 Å². The van der Waals surface area contributed by atoms with Crippen LogP contribution in [0.5, 0.6) is 0 Å². The number of hydrogen-bond donors (Lipinski definition) is 2. The standard InChI is InChI=1S/C13H21BrN4/c1-2-9-3-5-10(6-4-9)8-16-13-17-11(14)7-12(15)18-13/h7,9-10H,2-6,8H2,1H3,(H3,15,16,17,18). The molecule has 1 aliphatic rings. The number of rotatable bonds is 4. The van der Waals surface area contributed by atoms with Crippen molar-refractivity contribution in [3.05, 3.63) is 10.7 Å². The summed E-state index contributed by atoms with van der Waals surface area (Å²) >= 11 is 3.33. The molecule has 3 N–H and O–H groups in total. The number of hydrogen-bond acceptors (Lipinski definition) is 4. The van der Waals surface area contributed by atoms with Crippen molar-refractivity contribution in [2.24, 2.45) is 11.8 Å². The molecule has 0 aromatic carbocycles.